The monoisotopic (exact) mass is 277 g/mol. The maximum Gasteiger partial charge on any atom is 0.121 e. The number of aliphatic hydroxyl groups excluding tert-OH is 1. The molecule has 0 saturated heterocycles. The molecule has 0 saturated carbocycles. The summed E-state index contributed by atoms with van der Waals surface area (Å²) < 4.78 is 0.910. The quantitative estimate of drug-likeness (QED) is 0.914. The van der Waals surface area contributed by atoms with E-state index in [1.54, 1.807) is 6.20 Å². The summed E-state index contributed by atoms with van der Waals surface area (Å²) in [5, 5.41) is 10.1. The van der Waals surface area contributed by atoms with E-state index in [9.17, 15) is 5.11 Å². The standard InChI is InChI=1S/C13H12BrNO/c1-9-2-4-10(5-3-9)13(16)12-7-6-11(14)8-15-12/h2-8,13,16H,1H3. The van der Waals surface area contributed by atoms with E-state index in [0.717, 1.165) is 10.0 Å². The Balaban J connectivity index is 2.28. The van der Waals surface area contributed by atoms with Crippen LogP contribution in [-0.4, -0.2) is 10.1 Å². The van der Waals surface area contributed by atoms with Gasteiger partial charge in [0.05, 0.1) is 5.69 Å². The number of aromatic nitrogens is 1. The largest absolute Gasteiger partial charge is 0.382 e. The summed E-state index contributed by atoms with van der Waals surface area (Å²) in [4.78, 5) is 4.18. The number of benzene rings is 1. The van der Waals surface area contributed by atoms with Gasteiger partial charge in [-0.05, 0) is 40.5 Å². The van der Waals surface area contributed by atoms with Gasteiger partial charge in [-0.3, -0.25) is 4.98 Å². The Bertz CT molecular complexity index is 419. The Hall–Kier alpha value is -1.19. The zero-order valence-electron chi connectivity index (χ0n) is 8.89. The maximum atomic E-state index is 10.1. The number of aliphatic hydroxyl groups is 1. The highest BCUT2D eigenvalue weighted by Crippen LogP contribution is 2.21. The second kappa shape index (κ2) is 4.76. The average molecular weight is 278 g/mol. The molecular formula is C13H12BrNO. The molecule has 1 heterocycles. The molecule has 82 valence electrons. The lowest BCUT2D eigenvalue weighted by molar-refractivity contribution is 0.215. The molecule has 0 aliphatic carbocycles. The lowest BCUT2D eigenvalue weighted by Crippen LogP contribution is -2.01. The number of rotatable bonds is 2. The van der Waals surface area contributed by atoms with Crippen LogP contribution >= 0.6 is 15.9 Å². The van der Waals surface area contributed by atoms with E-state index in [-0.39, 0.29) is 0 Å². The molecule has 0 fully saturated rings. The number of hydrogen-bond donors (Lipinski definition) is 1. The van der Waals surface area contributed by atoms with Gasteiger partial charge in [-0.1, -0.05) is 29.8 Å². The van der Waals surface area contributed by atoms with E-state index in [4.69, 9.17) is 0 Å². The number of halogens is 1. The number of hydrogen-bond acceptors (Lipinski definition) is 2. The first-order chi connectivity index (χ1) is 7.66. The van der Waals surface area contributed by atoms with E-state index in [1.165, 1.54) is 5.56 Å². The summed E-state index contributed by atoms with van der Waals surface area (Å²) in [6, 6.07) is 11.5. The molecule has 0 amide bonds. The fourth-order valence-corrected chi connectivity index (χ4v) is 1.70. The van der Waals surface area contributed by atoms with Crippen molar-refractivity contribution in [2.45, 2.75) is 13.0 Å². The van der Waals surface area contributed by atoms with Crippen molar-refractivity contribution >= 4 is 15.9 Å². The molecule has 16 heavy (non-hydrogen) atoms. The summed E-state index contributed by atoms with van der Waals surface area (Å²) in [5.41, 5.74) is 2.70. The fraction of sp³-hybridized carbons (Fsp3) is 0.154. The first-order valence-corrected chi connectivity index (χ1v) is 5.82. The SMILES string of the molecule is Cc1ccc(C(O)c2ccc(Br)cn2)cc1. The Morgan fingerprint density at radius 1 is 1.12 bits per heavy atom. The molecule has 0 radical (unpaired) electrons. The molecule has 0 spiro atoms. The van der Waals surface area contributed by atoms with Crippen LogP contribution in [0.15, 0.2) is 47.1 Å². The maximum absolute atomic E-state index is 10.1. The molecule has 0 aliphatic rings. The summed E-state index contributed by atoms with van der Waals surface area (Å²) in [7, 11) is 0. The first kappa shape index (κ1) is 11.3. The zero-order chi connectivity index (χ0) is 11.5. The summed E-state index contributed by atoms with van der Waals surface area (Å²) in [6.45, 7) is 2.02. The highest BCUT2D eigenvalue weighted by Gasteiger charge is 2.10. The van der Waals surface area contributed by atoms with Gasteiger partial charge in [0.25, 0.3) is 0 Å². The van der Waals surface area contributed by atoms with E-state index < -0.39 is 6.10 Å². The summed E-state index contributed by atoms with van der Waals surface area (Å²) in [5.74, 6) is 0. The molecule has 2 nitrogen and oxygen atoms in total. The minimum absolute atomic E-state index is 0.659. The number of nitrogens with zero attached hydrogens (tertiary/aromatic N) is 1. The molecule has 3 heteroatoms. The summed E-state index contributed by atoms with van der Waals surface area (Å²) in [6.07, 6.45) is 1.03. The van der Waals surface area contributed by atoms with Gasteiger partial charge in [0.15, 0.2) is 0 Å². The van der Waals surface area contributed by atoms with Crippen LogP contribution in [0.25, 0.3) is 0 Å². The van der Waals surface area contributed by atoms with Crippen LogP contribution in [0, 0.1) is 6.92 Å². The Morgan fingerprint density at radius 2 is 1.81 bits per heavy atom. The van der Waals surface area contributed by atoms with Gasteiger partial charge in [0.2, 0.25) is 0 Å². The van der Waals surface area contributed by atoms with Gasteiger partial charge in [0, 0.05) is 10.7 Å². The molecular weight excluding hydrogens is 266 g/mol. The van der Waals surface area contributed by atoms with Crippen LogP contribution in [0.2, 0.25) is 0 Å². The molecule has 1 N–H and O–H groups in total. The topological polar surface area (TPSA) is 33.1 Å². The Labute approximate surface area is 103 Å². The van der Waals surface area contributed by atoms with Crippen LogP contribution < -0.4 is 0 Å². The van der Waals surface area contributed by atoms with Gasteiger partial charge >= 0.3 is 0 Å². The molecule has 1 atom stereocenters. The van der Waals surface area contributed by atoms with Crippen LogP contribution in [0.5, 0.6) is 0 Å². The Morgan fingerprint density at radius 3 is 2.38 bits per heavy atom. The minimum Gasteiger partial charge on any atom is -0.382 e. The van der Waals surface area contributed by atoms with Crippen LogP contribution in [0.4, 0.5) is 0 Å². The molecule has 1 aromatic carbocycles. The zero-order valence-corrected chi connectivity index (χ0v) is 10.5. The van der Waals surface area contributed by atoms with Crippen molar-refractivity contribution in [3.05, 3.63) is 63.9 Å². The molecule has 0 bridgehead atoms. The van der Waals surface area contributed by atoms with Crippen molar-refractivity contribution in [2.75, 3.05) is 0 Å². The van der Waals surface area contributed by atoms with E-state index >= 15 is 0 Å². The molecule has 2 aromatic rings. The highest BCUT2D eigenvalue weighted by atomic mass is 79.9. The third kappa shape index (κ3) is 2.49. The molecule has 1 aromatic heterocycles. The summed E-state index contributed by atoms with van der Waals surface area (Å²) >= 11 is 3.32. The van der Waals surface area contributed by atoms with Crippen LogP contribution in [0.1, 0.15) is 22.9 Å². The molecule has 1 unspecified atom stereocenters. The first-order valence-electron chi connectivity index (χ1n) is 5.03. The fourth-order valence-electron chi connectivity index (χ4n) is 1.47. The van der Waals surface area contributed by atoms with Crippen molar-refractivity contribution in [2.24, 2.45) is 0 Å². The second-order valence-electron chi connectivity index (χ2n) is 3.71. The third-order valence-corrected chi connectivity index (χ3v) is 2.89. The number of aryl methyl sites for hydroxylation is 1. The number of pyridine rings is 1. The van der Waals surface area contributed by atoms with Crippen LogP contribution in [0.3, 0.4) is 0 Å². The van der Waals surface area contributed by atoms with Crippen molar-refractivity contribution < 1.29 is 5.11 Å². The lowest BCUT2D eigenvalue weighted by Gasteiger charge is -2.10. The predicted octanol–water partition coefficient (Wildman–Crippen LogP) is 3.23. The van der Waals surface area contributed by atoms with E-state index in [2.05, 4.69) is 20.9 Å². The van der Waals surface area contributed by atoms with Crippen molar-refractivity contribution in [3.8, 4) is 0 Å². The third-order valence-electron chi connectivity index (χ3n) is 2.42. The molecule has 0 aliphatic heterocycles. The van der Waals surface area contributed by atoms with Gasteiger partial charge in [-0.25, -0.2) is 0 Å². The van der Waals surface area contributed by atoms with Crippen molar-refractivity contribution in [1.82, 2.24) is 4.98 Å². The second-order valence-corrected chi connectivity index (χ2v) is 4.63. The lowest BCUT2D eigenvalue weighted by atomic mass is 10.0. The molecule has 2 rings (SSSR count). The van der Waals surface area contributed by atoms with Crippen LogP contribution in [-0.2, 0) is 0 Å². The van der Waals surface area contributed by atoms with Gasteiger partial charge in [-0.15, -0.1) is 0 Å². The van der Waals surface area contributed by atoms with E-state index in [1.807, 2.05) is 43.3 Å². The van der Waals surface area contributed by atoms with Gasteiger partial charge in [-0.2, -0.15) is 0 Å². The smallest absolute Gasteiger partial charge is 0.121 e. The Kier molecular flexibility index (Phi) is 3.36. The van der Waals surface area contributed by atoms with Crippen molar-refractivity contribution in [3.63, 3.8) is 0 Å². The van der Waals surface area contributed by atoms with E-state index in [0.29, 0.717) is 5.69 Å². The van der Waals surface area contributed by atoms with Crippen molar-refractivity contribution in [1.29, 1.82) is 0 Å². The minimum atomic E-state index is -0.659. The average Bonchev–Trinajstić information content (AvgIpc) is 2.30. The normalized spacial score (nSPS) is 12.4. The highest BCUT2D eigenvalue weighted by molar-refractivity contribution is 9.10. The van der Waals surface area contributed by atoms with Gasteiger partial charge in [0.1, 0.15) is 6.10 Å². The predicted molar refractivity (Wildman–Crippen MR) is 67.2 cm³/mol. The van der Waals surface area contributed by atoms with Gasteiger partial charge < -0.3 is 5.11 Å².